The van der Waals surface area contributed by atoms with Crippen molar-refractivity contribution in [2.24, 2.45) is 0 Å². The lowest BCUT2D eigenvalue weighted by Crippen LogP contribution is -2.32. The van der Waals surface area contributed by atoms with Crippen molar-refractivity contribution in [2.45, 2.75) is 26.9 Å². The number of amides is 2. The Bertz CT molecular complexity index is 1250. The molecule has 0 aromatic heterocycles. The monoisotopic (exact) mass is 464 g/mol. The molecule has 0 spiro atoms. The highest BCUT2D eigenvalue weighted by Gasteiger charge is 2.40. The summed E-state index contributed by atoms with van der Waals surface area (Å²) >= 11 is 6.14. The summed E-state index contributed by atoms with van der Waals surface area (Å²) in [5, 5.41) is 3.58. The van der Waals surface area contributed by atoms with Crippen molar-refractivity contribution >= 4 is 40.4 Å². The first kappa shape index (κ1) is 22.6. The average molecular weight is 465 g/mol. The summed E-state index contributed by atoms with van der Waals surface area (Å²) in [6.45, 7) is 5.69. The number of hydrogen-bond donors (Lipinski definition) is 1. The van der Waals surface area contributed by atoms with Gasteiger partial charge in [-0.05, 0) is 80.4 Å². The lowest BCUT2D eigenvalue weighted by atomic mass is 10.0. The fraction of sp³-hybridized carbons (Fsp3) is 0.154. The Morgan fingerprint density at radius 1 is 0.939 bits per heavy atom. The van der Waals surface area contributed by atoms with Crippen LogP contribution < -0.4 is 15.0 Å². The molecule has 168 valence electrons. The van der Waals surface area contributed by atoms with Crippen LogP contribution in [0.1, 0.15) is 25.0 Å². The maximum Gasteiger partial charge on any atom is 0.282 e. The van der Waals surface area contributed by atoms with Crippen LogP contribution in [0.5, 0.6) is 5.75 Å². The Hall–Kier alpha value is -3.64. The van der Waals surface area contributed by atoms with Gasteiger partial charge in [0.1, 0.15) is 17.3 Å². The zero-order valence-corrected chi connectivity index (χ0v) is 19.1. The second-order valence-corrected chi connectivity index (χ2v) is 8.38. The van der Waals surface area contributed by atoms with Crippen LogP contribution in [0.3, 0.4) is 0 Å². The van der Waals surface area contributed by atoms with E-state index in [1.807, 2.05) is 26.8 Å². The zero-order valence-electron chi connectivity index (χ0n) is 18.4. The Labute approximate surface area is 196 Å². The predicted molar refractivity (Wildman–Crippen MR) is 128 cm³/mol. The van der Waals surface area contributed by atoms with Crippen LogP contribution in [-0.2, 0) is 9.59 Å². The van der Waals surface area contributed by atoms with Gasteiger partial charge < -0.3 is 10.1 Å². The number of nitrogens with one attached hydrogen (secondary N) is 1. The van der Waals surface area contributed by atoms with E-state index in [4.69, 9.17) is 16.3 Å². The summed E-state index contributed by atoms with van der Waals surface area (Å²) in [5.41, 5.74) is 2.53. The van der Waals surface area contributed by atoms with Gasteiger partial charge in [0.2, 0.25) is 0 Å². The third kappa shape index (κ3) is 4.61. The van der Waals surface area contributed by atoms with Crippen LogP contribution in [0, 0.1) is 12.7 Å². The van der Waals surface area contributed by atoms with Crippen LogP contribution >= 0.6 is 11.6 Å². The van der Waals surface area contributed by atoms with Gasteiger partial charge >= 0.3 is 0 Å². The average Bonchev–Trinajstić information content (AvgIpc) is 3.01. The van der Waals surface area contributed by atoms with Gasteiger partial charge in [0.15, 0.2) is 0 Å². The fourth-order valence-corrected chi connectivity index (χ4v) is 3.75. The zero-order chi connectivity index (χ0) is 23.7. The van der Waals surface area contributed by atoms with E-state index in [2.05, 4.69) is 5.32 Å². The molecule has 0 bridgehead atoms. The van der Waals surface area contributed by atoms with E-state index >= 15 is 0 Å². The first-order valence-corrected chi connectivity index (χ1v) is 10.8. The number of rotatable bonds is 6. The number of imide groups is 1. The third-order valence-electron chi connectivity index (χ3n) is 5.14. The standard InChI is InChI=1S/C26H22ClFN2O3/c1-15(2)33-21-12-10-20(11-13-21)30-25(31)23(17-5-8-19(28)9-6-17)24(26(30)32)29-22-14-18(27)7-4-16(22)3/h4-15,29H,1-3H3. The number of carbonyl (C=O) groups excluding carboxylic acids is 2. The predicted octanol–water partition coefficient (Wildman–Crippen LogP) is 5.97. The summed E-state index contributed by atoms with van der Waals surface area (Å²) in [6.07, 6.45) is -0.00520. The minimum atomic E-state index is -0.517. The number of nitrogens with zero attached hydrogens (tertiary/aromatic N) is 1. The molecule has 0 unspecified atom stereocenters. The molecule has 3 aromatic rings. The van der Waals surface area contributed by atoms with E-state index in [0.29, 0.717) is 27.7 Å². The van der Waals surface area contributed by atoms with E-state index in [9.17, 15) is 14.0 Å². The Balaban J connectivity index is 1.77. The van der Waals surface area contributed by atoms with Crippen LogP contribution in [0.4, 0.5) is 15.8 Å². The van der Waals surface area contributed by atoms with Gasteiger partial charge in [-0.1, -0.05) is 29.8 Å². The molecule has 0 saturated carbocycles. The topological polar surface area (TPSA) is 58.6 Å². The van der Waals surface area contributed by atoms with Crippen molar-refractivity contribution in [2.75, 3.05) is 10.2 Å². The first-order chi connectivity index (χ1) is 15.7. The molecule has 1 aliphatic heterocycles. The lowest BCUT2D eigenvalue weighted by Gasteiger charge is -2.17. The van der Waals surface area contributed by atoms with E-state index in [-0.39, 0.29) is 17.4 Å². The van der Waals surface area contributed by atoms with Crippen molar-refractivity contribution in [3.05, 3.63) is 94.4 Å². The highest BCUT2D eigenvalue weighted by atomic mass is 35.5. The second-order valence-electron chi connectivity index (χ2n) is 7.95. The number of hydrogen-bond acceptors (Lipinski definition) is 4. The van der Waals surface area contributed by atoms with Gasteiger partial charge in [-0.3, -0.25) is 9.59 Å². The summed E-state index contributed by atoms with van der Waals surface area (Å²) < 4.78 is 19.2. The molecule has 2 amide bonds. The van der Waals surface area contributed by atoms with Crippen molar-refractivity contribution in [3.63, 3.8) is 0 Å². The normalized spacial score (nSPS) is 13.8. The minimum Gasteiger partial charge on any atom is -0.491 e. The van der Waals surface area contributed by atoms with Gasteiger partial charge in [0, 0.05) is 10.7 Å². The van der Waals surface area contributed by atoms with Crippen molar-refractivity contribution in [3.8, 4) is 5.75 Å². The molecule has 4 rings (SSSR count). The molecule has 1 aliphatic rings. The molecule has 1 heterocycles. The third-order valence-corrected chi connectivity index (χ3v) is 5.38. The molecule has 0 radical (unpaired) electrons. The Morgan fingerprint density at radius 2 is 1.61 bits per heavy atom. The number of anilines is 2. The fourth-order valence-electron chi connectivity index (χ4n) is 3.57. The number of benzene rings is 3. The van der Waals surface area contributed by atoms with Crippen molar-refractivity contribution in [1.29, 1.82) is 0 Å². The van der Waals surface area contributed by atoms with Crippen LogP contribution in [0.15, 0.2) is 72.4 Å². The molecular formula is C26H22ClFN2O3. The summed E-state index contributed by atoms with van der Waals surface area (Å²) in [6, 6.07) is 17.4. The molecule has 5 nitrogen and oxygen atoms in total. The highest BCUT2D eigenvalue weighted by molar-refractivity contribution is 6.46. The van der Waals surface area contributed by atoms with Crippen LogP contribution in [-0.4, -0.2) is 17.9 Å². The molecule has 33 heavy (non-hydrogen) atoms. The first-order valence-electron chi connectivity index (χ1n) is 10.4. The highest BCUT2D eigenvalue weighted by Crippen LogP contribution is 2.35. The Morgan fingerprint density at radius 3 is 2.24 bits per heavy atom. The van der Waals surface area contributed by atoms with Gasteiger partial charge in [0.25, 0.3) is 11.8 Å². The maximum atomic E-state index is 13.5. The van der Waals surface area contributed by atoms with Crippen molar-refractivity contribution < 1.29 is 18.7 Å². The molecule has 0 fully saturated rings. The van der Waals surface area contributed by atoms with E-state index in [1.54, 1.807) is 36.4 Å². The number of aryl methyl sites for hydroxylation is 1. The minimum absolute atomic E-state index is 0.00520. The van der Waals surface area contributed by atoms with Crippen LogP contribution in [0.25, 0.3) is 5.57 Å². The second kappa shape index (κ2) is 9.08. The lowest BCUT2D eigenvalue weighted by molar-refractivity contribution is -0.120. The molecular weight excluding hydrogens is 443 g/mol. The number of halogens is 2. The number of carbonyl (C=O) groups is 2. The molecule has 0 atom stereocenters. The van der Waals surface area contributed by atoms with Gasteiger partial charge in [-0.2, -0.15) is 0 Å². The van der Waals surface area contributed by atoms with E-state index in [0.717, 1.165) is 10.5 Å². The molecule has 7 heteroatoms. The molecule has 3 aromatic carbocycles. The maximum absolute atomic E-state index is 13.5. The molecule has 0 saturated heterocycles. The van der Waals surface area contributed by atoms with Gasteiger partial charge in [0.05, 0.1) is 17.4 Å². The molecule has 0 aliphatic carbocycles. The van der Waals surface area contributed by atoms with Gasteiger partial charge in [-0.25, -0.2) is 9.29 Å². The largest absolute Gasteiger partial charge is 0.491 e. The quantitative estimate of drug-likeness (QED) is 0.456. The van der Waals surface area contributed by atoms with E-state index in [1.165, 1.54) is 24.3 Å². The van der Waals surface area contributed by atoms with E-state index < -0.39 is 17.6 Å². The van der Waals surface area contributed by atoms with Crippen molar-refractivity contribution in [1.82, 2.24) is 0 Å². The molecule has 1 N–H and O–H groups in total. The van der Waals surface area contributed by atoms with Gasteiger partial charge in [-0.15, -0.1) is 0 Å². The number of ether oxygens (including phenoxy) is 1. The SMILES string of the molecule is Cc1ccc(Cl)cc1NC1=C(c2ccc(F)cc2)C(=O)N(c2ccc(OC(C)C)cc2)C1=O. The smallest absolute Gasteiger partial charge is 0.282 e. The summed E-state index contributed by atoms with van der Waals surface area (Å²) in [7, 11) is 0. The summed E-state index contributed by atoms with van der Waals surface area (Å²) in [5.74, 6) is -0.830. The summed E-state index contributed by atoms with van der Waals surface area (Å²) in [4.78, 5) is 28.0. The van der Waals surface area contributed by atoms with Crippen LogP contribution in [0.2, 0.25) is 5.02 Å². The Kier molecular flexibility index (Phi) is 6.20.